The first-order valence-electron chi connectivity index (χ1n) is 4.23. The van der Waals surface area contributed by atoms with Crippen LogP contribution in [-0.4, -0.2) is 13.1 Å². The summed E-state index contributed by atoms with van der Waals surface area (Å²) in [6.45, 7) is 1.78. The van der Waals surface area contributed by atoms with Crippen LogP contribution in [0.25, 0.3) is 0 Å². The Hall–Kier alpha value is -0.760. The molecule has 62 valence electrons. The predicted molar refractivity (Wildman–Crippen MR) is 48.1 cm³/mol. The van der Waals surface area contributed by atoms with E-state index < -0.39 is 0 Å². The van der Waals surface area contributed by atoms with Crippen LogP contribution in [0.2, 0.25) is 0 Å². The van der Waals surface area contributed by atoms with Crippen molar-refractivity contribution in [2.45, 2.75) is 19.3 Å². The van der Waals surface area contributed by atoms with E-state index in [0.717, 1.165) is 25.9 Å². The maximum Gasteiger partial charge on any atom is 0.0155 e. The van der Waals surface area contributed by atoms with Gasteiger partial charge in [0.25, 0.3) is 0 Å². The van der Waals surface area contributed by atoms with Gasteiger partial charge in [0.2, 0.25) is 0 Å². The van der Waals surface area contributed by atoms with Crippen LogP contribution in [-0.2, 0) is 0 Å². The molecule has 1 rings (SSSR count). The van der Waals surface area contributed by atoms with E-state index in [4.69, 9.17) is 5.73 Å². The molecule has 1 aliphatic carbocycles. The average Bonchev–Trinajstić information content (AvgIpc) is 2.07. The zero-order chi connectivity index (χ0) is 7.94. The first-order chi connectivity index (χ1) is 5.43. The van der Waals surface area contributed by atoms with Gasteiger partial charge in [0, 0.05) is 12.2 Å². The van der Waals surface area contributed by atoms with Gasteiger partial charge in [-0.15, -0.1) is 0 Å². The summed E-state index contributed by atoms with van der Waals surface area (Å²) < 4.78 is 0. The zero-order valence-electron chi connectivity index (χ0n) is 6.84. The average molecular weight is 152 g/mol. The summed E-state index contributed by atoms with van der Waals surface area (Å²) in [7, 11) is 0. The lowest BCUT2D eigenvalue weighted by atomic mass is 10.1. The lowest BCUT2D eigenvalue weighted by Crippen LogP contribution is -2.18. The van der Waals surface area contributed by atoms with Crippen molar-refractivity contribution in [3.05, 3.63) is 23.9 Å². The standard InChI is InChI=1S/C9H16N2/c10-7-4-8-11-9-5-2-1-3-6-9/h1-2,5,11H,3-4,6-8,10H2. The molecule has 2 heteroatoms. The normalized spacial score (nSPS) is 16.3. The van der Waals surface area contributed by atoms with Crippen LogP contribution in [0.1, 0.15) is 19.3 Å². The summed E-state index contributed by atoms with van der Waals surface area (Å²) in [5, 5.41) is 3.35. The summed E-state index contributed by atoms with van der Waals surface area (Å²) in [4.78, 5) is 0. The molecule has 11 heavy (non-hydrogen) atoms. The topological polar surface area (TPSA) is 38.0 Å². The Balaban J connectivity index is 2.15. The van der Waals surface area contributed by atoms with E-state index >= 15 is 0 Å². The van der Waals surface area contributed by atoms with E-state index in [9.17, 15) is 0 Å². The quantitative estimate of drug-likeness (QED) is 0.593. The molecule has 0 heterocycles. The molecule has 0 bridgehead atoms. The Morgan fingerprint density at radius 2 is 2.45 bits per heavy atom. The Kier molecular flexibility index (Phi) is 3.76. The molecule has 0 aromatic carbocycles. The van der Waals surface area contributed by atoms with Crippen molar-refractivity contribution in [3.8, 4) is 0 Å². The molecule has 0 spiro atoms. The van der Waals surface area contributed by atoms with E-state index in [-0.39, 0.29) is 0 Å². The largest absolute Gasteiger partial charge is 0.388 e. The molecule has 0 aromatic heterocycles. The van der Waals surface area contributed by atoms with Crippen molar-refractivity contribution in [2.75, 3.05) is 13.1 Å². The fourth-order valence-electron chi connectivity index (χ4n) is 1.10. The number of hydrogen-bond acceptors (Lipinski definition) is 2. The van der Waals surface area contributed by atoms with Crippen LogP contribution in [0.4, 0.5) is 0 Å². The third-order valence-electron chi connectivity index (χ3n) is 1.75. The van der Waals surface area contributed by atoms with Crippen molar-refractivity contribution >= 4 is 0 Å². The second kappa shape index (κ2) is 4.97. The summed E-state index contributed by atoms with van der Waals surface area (Å²) in [6.07, 6.45) is 9.81. The van der Waals surface area contributed by atoms with Gasteiger partial charge < -0.3 is 11.1 Å². The molecule has 2 nitrogen and oxygen atoms in total. The fraction of sp³-hybridized carbons (Fsp3) is 0.556. The van der Waals surface area contributed by atoms with Gasteiger partial charge in [-0.05, 0) is 31.9 Å². The number of nitrogens with two attached hydrogens (primary N) is 1. The smallest absolute Gasteiger partial charge is 0.0155 e. The van der Waals surface area contributed by atoms with Crippen molar-refractivity contribution in [3.63, 3.8) is 0 Å². The molecule has 0 amide bonds. The molecule has 0 saturated carbocycles. The molecule has 1 aliphatic rings. The predicted octanol–water partition coefficient (Wildman–Crippen LogP) is 1.16. The van der Waals surface area contributed by atoms with Gasteiger partial charge in [0.15, 0.2) is 0 Å². The summed E-state index contributed by atoms with van der Waals surface area (Å²) in [5.74, 6) is 0. The second-order valence-electron chi connectivity index (χ2n) is 2.73. The number of rotatable bonds is 4. The first kappa shape index (κ1) is 8.34. The minimum atomic E-state index is 0.774. The Morgan fingerprint density at radius 3 is 3.09 bits per heavy atom. The highest BCUT2D eigenvalue weighted by atomic mass is 14.9. The van der Waals surface area contributed by atoms with Crippen LogP contribution in [0.5, 0.6) is 0 Å². The van der Waals surface area contributed by atoms with Crippen molar-refractivity contribution in [1.29, 1.82) is 0 Å². The molecular weight excluding hydrogens is 136 g/mol. The van der Waals surface area contributed by atoms with Gasteiger partial charge in [-0.1, -0.05) is 12.2 Å². The lowest BCUT2D eigenvalue weighted by Gasteiger charge is -2.10. The third kappa shape index (κ3) is 3.23. The Morgan fingerprint density at radius 1 is 1.55 bits per heavy atom. The molecule has 0 aromatic rings. The van der Waals surface area contributed by atoms with Crippen molar-refractivity contribution in [1.82, 2.24) is 5.32 Å². The van der Waals surface area contributed by atoms with Gasteiger partial charge in [-0.3, -0.25) is 0 Å². The summed E-state index contributed by atoms with van der Waals surface area (Å²) >= 11 is 0. The Labute approximate surface area is 68.2 Å². The molecule has 0 unspecified atom stereocenters. The van der Waals surface area contributed by atoms with Crippen LogP contribution in [0.15, 0.2) is 23.9 Å². The van der Waals surface area contributed by atoms with E-state index in [1.807, 2.05) is 0 Å². The highest BCUT2D eigenvalue weighted by molar-refractivity contribution is 5.15. The number of hydrogen-bond donors (Lipinski definition) is 2. The van der Waals surface area contributed by atoms with E-state index in [1.165, 1.54) is 12.1 Å². The van der Waals surface area contributed by atoms with Crippen molar-refractivity contribution < 1.29 is 0 Å². The van der Waals surface area contributed by atoms with E-state index in [1.54, 1.807) is 0 Å². The van der Waals surface area contributed by atoms with Crippen molar-refractivity contribution in [2.24, 2.45) is 5.73 Å². The molecule has 0 radical (unpaired) electrons. The second-order valence-corrected chi connectivity index (χ2v) is 2.73. The van der Waals surface area contributed by atoms with Crippen LogP contribution in [0.3, 0.4) is 0 Å². The maximum atomic E-state index is 5.37. The third-order valence-corrected chi connectivity index (χ3v) is 1.75. The van der Waals surface area contributed by atoms with Gasteiger partial charge in [0.1, 0.15) is 0 Å². The molecular formula is C9H16N2. The monoisotopic (exact) mass is 152 g/mol. The lowest BCUT2D eigenvalue weighted by molar-refractivity contribution is 0.699. The van der Waals surface area contributed by atoms with Crippen LogP contribution >= 0.6 is 0 Å². The van der Waals surface area contributed by atoms with E-state index in [0.29, 0.717) is 0 Å². The highest BCUT2D eigenvalue weighted by Crippen LogP contribution is 2.07. The van der Waals surface area contributed by atoms with Gasteiger partial charge in [-0.2, -0.15) is 0 Å². The fourth-order valence-corrected chi connectivity index (χ4v) is 1.10. The molecule has 3 N–H and O–H groups in total. The number of nitrogens with one attached hydrogen (secondary N) is 1. The van der Waals surface area contributed by atoms with Crippen LogP contribution < -0.4 is 11.1 Å². The minimum Gasteiger partial charge on any atom is -0.388 e. The molecule has 0 aliphatic heterocycles. The SMILES string of the molecule is NCCCNC1=CC=CCC1. The first-order valence-corrected chi connectivity index (χ1v) is 4.23. The van der Waals surface area contributed by atoms with Gasteiger partial charge in [-0.25, -0.2) is 0 Å². The maximum absolute atomic E-state index is 5.37. The summed E-state index contributed by atoms with van der Waals surface area (Å²) in [5.41, 5.74) is 6.72. The molecule has 0 saturated heterocycles. The Bertz CT molecular complexity index is 159. The highest BCUT2D eigenvalue weighted by Gasteiger charge is 1.96. The summed E-state index contributed by atoms with van der Waals surface area (Å²) in [6, 6.07) is 0. The molecule has 0 fully saturated rings. The number of allylic oxidation sites excluding steroid dienone is 4. The van der Waals surface area contributed by atoms with Gasteiger partial charge >= 0.3 is 0 Å². The van der Waals surface area contributed by atoms with Crippen LogP contribution in [0, 0.1) is 0 Å². The van der Waals surface area contributed by atoms with Gasteiger partial charge in [0.05, 0.1) is 0 Å². The molecule has 0 atom stereocenters. The zero-order valence-corrected chi connectivity index (χ0v) is 6.84. The minimum absolute atomic E-state index is 0.774. The van der Waals surface area contributed by atoms with E-state index in [2.05, 4.69) is 23.5 Å².